The van der Waals surface area contributed by atoms with Crippen LogP contribution < -0.4 is 10.0 Å². The molecule has 0 spiro atoms. The molecule has 1 aromatic carbocycles. The van der Waals surface area contributed by atoms with Gasteiger partial charge in [-0.3, -0.25) is 0 Å². The number of hydrogen-bond acceptors (Lipinski definition) is 2. The lowest BCUT2D eigenvalue weighted by atomic mass is 9.80. The van der Waals surface area contributed by atoms with Gasteiger partial charge in [0.25, 0.3) is 0 Å². The van der Waals surface area contributed by atoms with Crippen LogP contribution in [0, 0.1) is 0 Å². The van der Waals surface area contributed by atoms with Crippen LogP contribution in [-0.2, 0) is 10.0 Å². The SMILES string of the molecule is CC1(C)CC(NS(=O)(=O)c2ccccc2Cl)CC(C)(C)[NH2+]1. The van der Waals surface area contributed by atoms with Crippen molar-refractivity contribution in [1.29, 1.82) is 0 Å². The zero-order valence-electron chi connectivity index (χ0n) is 13.0. The average molecular weight is 332 g/mol. The molecular weight excluding hydrogens is 308 g/mol. The lowest BCUT2D eigenvalue weighted by molar-refractivity contribution is -0.787. The van der Waals surface area contributed by atoms with Crippen LogP contribution in [0.5, 0.6) is 0 Å². The summed E-state index contributed by atoms with van der Waals surface area (Å²) in [5.74, 6) is 0. The van der Waals surface area contributed by atoms with Crippen molar-refractivity contribution in [2.24, 2.45) is 0 Å². The van der Waals surface area contributed by atoms with E-state index in [9.17, 15) is 8.42 Å². The Morgan fingerprint density at radius 3 is 2.19 bits per heavy atom. The van der Waals surface area contributed by atoms with E-state index in [0.717, 1.165) is 12.8 Å². The molecule has 0 unspecified atom stereocenters. The fourth-order valence-corrected chi connectivity index (χ4v) is 5.30. The van der Waals surface area contributed by atoms with E-state index in [2.05, 4.69) is 37.7 Å². The van der Waals surface area contributed by atoms with Gasteiger partial charge in [0, 0.05) is 18.9 Å². The number of benzene rings is 1. The first-order valence-electron chi connectivity index (χ1n) is 7.15. The normalized spacial score (nSPS) is 22.1. The van der Waals surface area contributed by atoms with Gasteiger partial charge in [0.2, 0.25) is 10.0 Å². The Morgan fingerprint density at radius 1 is 1.14 bits per heavy atom. The number of halogens is 1. The van der Waals surface area contributed by atoms with E-state index in [-0.39, 0.29) is 27.0 Å². The van der Waals surface area contributed by atoms with Crippen LogP contribution >= 0.6 is 11.6 Å². The van der Waals surface area contributed by atoms with Gasteiger partial charge in [-0.15, -0.1) is 0 Å². The zero-order valence-corrected chi connectivity index (χ0v) is 14.6. The molecular formula is C15H24ClN2O2S+. The highest BCUT2D eigenvalue weighted by atomic mass is 35.5. The highest BCUT2D eigenvalue weighted by molar-refractivity contribution is 7.89. The van der Waals surface area contributed by atoms with Crippen molar-refractivity contribution in [2.75, 3.05) is 0 Å². The van der Waals surface area contributed by atoms with Crippen molar-refractivity contribution in [3.05, 3.63) is 29.3 Å². The summed E-state index contributed by atoms with van der Waals surface area (Å²) in [4.78, 5) is 0.150. The minimum Gasteiger partial charge on any atom is -0.337 e. The van der Waals surface area contributed by atoms with Crippen LogP contribution in [0.25, 0.3) is 0 Å². The second kappa shape index (κ2) is 5.54. The van der Waals surface area contributed by atoms with Gasteiger partial charge in [-0.2, -0.15) is 0 Å². The van der Waals surface area contributed by atoms with E-state index >= 15 is 0 Å². The molecule has 1 aliphatic rings. The molecule has 0 radical (unpaired) electrons. The highest BCUT2D eigenvalue weighted by Gasteiger charge is 2.43. The number of quaternary nitrogens is 1. The first kappa shape index (κ1) is 16.7. The Kier molecular flexibility index (Phi) is 4.42. The van der Waals surface area contributed by atoms with Crippen molar-refractivity contribution in [3.8, 4) is 0 Å². The minimum absolute atomic E-state index is 0.00934. The third kappa shape index (κ3) is 4.19. The van der Waals surface area contributed by atoms with E-state index in [1.54, 1.807) is 18.2 Å². The highest BCUT2D eigenvalue weighted by Crippen LogP contribution is 2.25. The summed E-state index contributed by atoms with van der Waals surface area (Å²) in [7, 11) is -3.59. The molecule has 0 saturated carbocycles. The fourth-order valence-electron chi connectivity index (χ4n) is 3.55. The molecule has 3 N–H and O–H groups in total. The van der Waals surface area contributed by atoms with E-state index in [0.29, 0.717) is 0 Å². The molecule has 1 saturated heterocycles. The third-order valence-electron chi connectivity index (χ3n) is 3.77. The van der Waals surface area contributed by atoms with Gasteiger partial charge in [-0.05, 0) is 39.8 Å². The average Bonchev–Trinajstić information content (AvgIpc) is 2.23. The zero-order chi connectivity index (χ0) is 15.9. The molecule has 0 aromatic heterocycles. The number of piperidine rings is 1. The number of nitrogens with one attached hydrogen (secondary N) is 1. The summed E-state index contributed by atoms with van der Waals surface area (Å²) in [6.45, 7) is 8.57. The number of sulfonamides is 1. The molecule has 4 nitrogen and oxygen atoms in total. The van der Waals surface area contributed by atoms with Crippen LogP contribution in [0.4, 0.5) is 0 Å². The molecule has 0 atom stereocenters. The predicted molar refractivity (Wildman–Crippen MR) is 84.9 cm³/mol. The molecule has 1 fully saturated rings. The monoisotopic (exact) mass is 331 g/mol. The number of nitrogens with two attached hydrogens (primary N) is 1. The van der Waals surface area contributed by atoms with Crippen LogP contribution in [0.1, 0.15) is 40.5 Å². The molecule has 0 amide bonds. The second-order valence-electron chi connectivity index (χ2n) is 7.28. The topological polar surface area (TPSA) is 62.8 Å². The fraction of sp³-hybridized carbons (Fsp3) is 0.600. The Balaban J connectivity index is 2.23. The summed E-state index contributed by atoms with van der Waals surface area (Å²) < 4.78 is 27.9. The first-order valence-corrected chi connectivity index (χ1v) is 9.01. The van der Waals surface area contributed by atoms with Crippen LogP contribution in [0.3, 0.4) is 0 Å². The summed E-state index contributed by atoms with van der Waals surface area (Å²) in [6, 6.07) is 6.46. The maximum absolute atomic E-state index is 12.5. The van der Waals surface area contributed by atoms with Crippen molar-refractivity contribution >= 4 is 21.6 Å². The Hall–Kier alpha value is -0.620. The molecule has 1 aromatic rings. The molecule has 2 rings (SSSR count). The van der Waals surface area contributed by atoms with Gasteiger partial charge in [-0.25, -0.2) is 13.1 Å². The summed E-state index contributed by atoms with van der Waals surface area (Å²) in [5.41, 5.74) is 0.0187. The van der Waals surface area contributed by atoms with Crippen molar-refractivity contribution in [3.63, 3.8) is 0 Å². The number of rotatable bonds is 3. The Labute approximate surface area is 132 Å². The van der Waals surface area contributed by atoms with E-state index in [1.165, 1.54) is 6.07 Å². The smallest absolute Gasteiger partial charge is 0.242 e. The van der Waals surface area contributed by atoms with Gasteiger partial charge in [-0.1, -0.05) is 23.7 Å². The molecule has 0 aliphatic carbocycles. The quantitative estimate of drug-likeness (QED) is 0.888. The summed E-state index contributed by atoms with van der Waals surface area (Å²) in [5, 5.41) is 2.58. The molecule has 21 heavy (non-hydrogen) atoms. The molecule has 1 heterocycles. The lowest BCUT2D eigenvalue weighted by Crippen LogP contribution is -3.06. The Bertz CT molecular complexity index is 610. The van der Waals surface area contributed by atoms with Crippen LogP contribution in [0.15, 0.2) is 29.2 Å². The standard InChI is InChI=1S/C15H23ClN2O2S/c1-14(2)9-11(10-15(3,4)18-14)17-21(19,20)13-8-6-5-7-12(13)16/h5-8,11,17-18H,9-10H2,1-4H3/p+1. The van der Waals surface area contributed by atoms with E-state index in [1.807, 2.05) is 0 Å². The number of hydrogen-bond donors (Lipinski definition) is 2. The second-order valence-corrected chi connectivity index (χ2v) is 9.37. The van der Waals surface area contributed by atoms with Crippen LogP contribution in [-0.4, -0.2) is 25.5 Å². The van der Waals surface area contributed by atoms with Crippen molar-refractivity contribution in [1.82, 2.24) is 4.72 Å². The summed E-state index contributed by atoms with van der Waals surface area (Å²) >= 11 is 6.01. The van der Waals surface area contributed by atoms with Crippen molar-refractivity contribution < 1.29 is 13.7 Å². The van der Waals surface area contributed by atoms with Crippen molar-refractivity contribution in [2.45, 2.75) is 62.6 Å². The van der Waals surface area contributed by atoms with Gasteiger partial charge in [0.1, 0.15) is 4.90 Å². The molecule has 1 aliphatic heterocycles. The molecule has 6 heteroatoms. The minimum atomic E-state index is -3.59. The van der Waals surface area contributed by atoms with Gasteiger partial charge >= 0.3 is 0 Å². The largest absolute Gasteiger partial charge is 0.337 e. The predicted octanol–water partition coefficient (Wildman–Crippen LogP) is 1.90. The first-order chi connectivity index (χ1) is 9.51. The summed E-state index contributed by atoms with van der Waals surface area (Å²) in [6.07, 6.45) is 1.58. The maximum Gasteiger partial charge on any atom is 0.242 e. The lowest BCUT2D eigenvalue weighted by Gasteiger charge is -2.43. The van der Waals surface area contributed by atoms with Gasteiger partial charge < -0.3 is 5.32 Å². The van der Waals surface area contributed by atoms with Crippen LogP contribution in [0.2, 0.25) is 5.02 Å². The Morgan fingerprint density at radius 2 is 1.67 bits per heavy atom. The van der Waals surface area contributed by atoms with Gasteiger partial charge in [0.15, 0.2) is 0 Å². The van der Waals surface area contributed by atoms with E-state index < -0.39 is 10.0 Å². The molecule has 118 valence electrons. The van der Waals surface area contributed by atoms with Gasteiger partial charge in [0.05, 0.1) is 16.1 Å². The third-order valence-corrected chi connectivity index (χ3v) is 5.79. The molecule has 0 bridgehead atoms. The maximum atomic E-state index is 12.5. The van der Waals surface area contributed by atoms with E-state index in [4.69, 9.17) is 11.6 Å².